The number of hydrogen-bond donors (Lipinski definition) is 1. The Bertz CT molecular complexity index is 367. The molecule has 3 heteroatoms. The van der Waals surface area contributed by atoms with Crippen LogP contribution in [0, 0.1) is 11.8 Å². The number of carbonyl (C=O) groups is 1. The summed E-state index contributed by atoms with van der Waals surface area (Å²) in [6, 6.07) is 9.65. The summed E-state index contributed by atoms with van der Waals surface area (Å²) in [5.74, 6) is 1.19. The van der Waals surface area contributed by atoms with Gasteiger partial charge in [-0.1, -0.05) is 32.0 Å². The van der Waals surface area contributed by atoms with Crippen LogP contribution in [-0.2, 0) is 0 Å². The number of para-hydroxylation sites is 1. The molecule has 1 saturated heterocycles. The molecule has 2 rings (SSSR count). The summed E-state index contributed by atoms with van der Waals surface area (Å²) in [5.41, 5.74) is 0.864. The Morgan fingerprint density at radius 3 is 2.35 bits per heavy atom. The van der Waals surface area contributed by atoms with E-state index >= 15 is 0 Å². The molecule has 2 atom stereocenters. The number of benzene rings is 1. The van der Waals surface area contributed by atoms with Crippen molar-refractivity contribution >= 4 is 11.7 Å². The van der Waals surface area contributed by atoms with E-state index in [4.69, 9.17) is 0 Å². The Balaban J connectivity index is 1.96. The first kappa shape index (κ1) is 12.0. The van der Waals surface area contributed by atoms with Crippen molar-refractivity contribution in [1.82, 2.24) is 4.90 Å². The second-order valence-electron chi connectivity index (χ2n) is 5.15. The van der Waals surface area contributed by atoms with Gasteiger partial charge in [0.25, 0.3) is 0 Å². The van der Waals surface area contributed by atoms with Crippen LogP contribution in [0.15, 0.2) is 30.3 Å². The van der Waals surface area contributed by atoms with Crippen LogP contribution in [0.1, 0.15) is 20.3 Å². The fourth-order valence-electron chi connectivity index (χ4n) is 2.55. The van der Waals surface area contributed by atoms with E-state index in [0.29, 0.717) is 11.8 Å². The quantitative estimate of drug-likeness (QED) is 0.792. The smallest absolute Gasteiger partial charge is 0.321 e. The molecule has 1 heterocycles. The number of nitrogens with one attached hydrogen (secondary N) is 1. The third-order valence-corrected chi connectivity index (χ3v) is 3.18. The van der Waals surface area contributed by atoms with Crippen molar-refractivity contribution in [3.8, 4) is 0 Å². The maximum Gasteiger partial charge on any atom is 0.321 e. The molecule has 92 valence electrons. The molecule has 2 amide bonds. The van der Waals surface area contributed by atoms with Crippen LogP contribution in [0.25, 0.3) is 0 Å². The van der Waals surface area contributed by atoms with Gasteiger partial charge in [-0.3, -0.25) is 0 Å². The summed E-state index contributed by atoms with van der Waals surface area (Å²) in [4.78, 5) is 14.0. The molecule has 0 aromatic heterocycles. The lowest BCUT2D eigenvalue weighted by molar-refractivity contribution is 0.156. The van der Waals surface area contributed by atoms with E-state index < -0.39 is 0 Å². The lowest BCUT2D eigenvalue weighted by Crippen LogP contribution is -2.44. The van der Waals surface area contributed by atoms with E-state index in [-0.39, 0.29) is 6.03 Å². The highest BCUT2D eigenvalue weighted by Gasteiger charge is 2.25. The molecule has 3 nitrogen and oxygen atoms in total. The molecule has 0 spiro atoms. The average Bonchev–Trinajstić information content (AvgIpc) is 2.29. The van der Waals surface area contributed by atoms with Crippen molar-refractivity contribution in [3.63, 3.8) is 0 Å². The van der Waals surface area contributed by atoms with Gasteiger partial charge in [0.15, 0.2) is 0 Å². The van der Waals surface area contributed by atoms with Crippen LogP contribution in [0.2, 0.25) is 0 Å². The van der Waals surface area contributed by atoms with Crippen molar-refractivity contribution in [2.45, 2.75) is 20.3 Å². The zero-order valence-electron chi connectivity index (χ0n) is 10.5. The molecule has 0 aliphatic carbocycles. The summed E-state index contributed by atoms with van der Waals surface area (Å²) in [6.07, 6.45) is 1.22. The fraction of sp³-hybridized carbons (Fsp3) is 0.500. The van der Waals surface area contributed by atoms with E-state index in [1.165, 1.54) is 6.42 Å². The number of likely N-dealkylation sites (tertiary alicyclic amines) is 1. The number of hydrogen-bond acceptors (Lipinski definition) is 1. The van der Waals surface area contributed by atoms with Gasteiger partial charge < -0.3 is 10.2 Å². The molecule has 1 aromatic carbocycles. The predicted molar refractivity (Wildman–Crippen MR) is 70.0 cm³/mol. The van der Waals surface area contributed by atoms with Crippen molar-refractivity contribution in [1.29, 1.82) is 0 Å². The normalized spacial score (nSPS) is 24.5. The molecular formula is C14H20N2O. The topological polar surface area (TPSA) is 32.3 Å². The van der Waals surface area contributed by atoms with Crippen LogP contribution in [0.3, 0.4) is 0 Å². The lowest BCUT2D eigenvalue weighted by Gasteiger charge is -2.34. The average molecular weight is 232 g/mol. The highest BCUT2D eigenvalue weighted by molar-refractivity contribution is 5.89. The number of nitrogens with zero attached hydrogens (tertiary/aromatic N) is 1. The van der Waals surface area contributed by atoms with E-state index in [1.807, 2.05) is 35.2 Å². The second-order valence-corrected chi connectivity index (χ2v) is 5.15. The first-order chi connectivity index (χ1) is 8.15. The van der Waals surface area contributed by atoms with Gasteiger partial charge >= 0.3 is 6.03 Å². The SMILES string of the molecule is C[C@@H]1C[C@H](C)CN(C(=O)Nc2ccccc2)C1. The van der Waals surface area contributed by atoms with Gasteiger partial charge in [0.1, 0.15) is 0 Å². The van der Waals surface area contributed by atoms with Crippen LogP contribution in [0.5, 0.6) is 0 Å². The first-order valence-electron chi connectivity index (χ1n) is 6.26. The van der Waals surface area contributed by atoms with Crippen molar-refractivity contribution in [3.05, 3.63) is 30.3 Å². The molecule has 1 N–H and O–H groups in total. The summed E-state index contributed by atoms with van der Waals surface area (Å²) < 4.78 is 0. The molecule has 0 radical (unpaired) electrons. The number of carbonyl (C=O) groups excluding carboxylic acids is 1. The van der Waals surface area contributed by atoms with Crippen molar-refractivity contribution in [2.24, 2.45) is 11.8 Å². The first-order valence-corrected chi connectivity index (χ1v) is 6.26. The summed E-state index contributed by atoms with van der Waals surface area (Å²) in [6.45, 7) is 6.14. The van der Waals surface area contributed by atoms with Gasteiger partial charge in [0.05, 0.1) is 0 Å². The number of piperidine rings is 1. The number of amides is 2. The number of urea groups is 1. The predicted octanol–water partition coefficient (Wildman–Crippen LogP) is 3.20. The van der Waals surface area contributed by atoms with E-state index in [2.05, 4.69) is 19.2 Å². The highest BCUT2D eigenvalue weighted by Crippen LogP contribution is 2.21. The molecule has 1 aliphatic heterocycles. The molecular weight excluding hydrogens is 212 g/mol. The molecule has 1 fully saturated rings. The van der Waals surface area contributed by atoms with E-state index in [1.54, 1.807) is 0 Å². The monoisotopic (exact) mass is 232 g/mol. The minimum atomic E-state index is 0.0228. The molecule has 0 unspecified atom stereocenters. The molecule has 17 heavy (non-hydrogen) atoms. The van der Waals surface area contributed by atoms with Gasteiger partial charge in [0, 0.05) is 18.8 Å². The Kier molecular flexibility index (Phi) is 3.67. The van der Waals surface area contributed by atoms with Crippen LogP contribution >= 0.6 is 0 Å². The van der Waals surface area contributed by atoms with Gasteiger partial charge in [-0.05, 0) is 30.4 Å². The maximum absolute atomic E-state index is 12.1. The molecule has 1 aromatic rings. The Morgan fingerprint density at radius 1 is 1.18 bits per heavy atom. The maximum atomic E-state index is 12.1. The Morgan fingerprint density at radius 2 is 1.76 bits per heavy atom. The lowest BCUT2D eigenvalue weighted by atomic mass is 9.92. The van der Waals surface area contributed by atoms with Crippen LogP contribution < -0.4 is 5.32 Å². The van der Waals surface area contributed by atoms with Gasteiger partial charge in [-0.2, -0.15) is 0 Å². The summed E-state index contributed by atoms with van der Waals surface area (Å²) >= 11 is 0. The van der Waals surface area contributed by atoms with Crippen molar-refractivity contribution in [2.75, 3.05) is 18.4 Å². The van der Waals surface area contributed by atoms with Gasteiger partial charge in [-0.15, -0.1) is 0 Å². The minimum Gasteiger partial charge on any atom is -0.324 e. The standard InChI is InChI=1S/C14H20N2O/c1-11-8-12(2)10-16(9-11)14(17)15-13-6-4-3-5-7-13/h3-7,11-12H,8-10H2,1-2H3,(H,15,17)/t11-,12+. The van der Waals surface area contributed by atoms with Crippen molar-refractivity contribution < 1.29 is 4.79 Å². The molecule has 1 aliphatic rings. The Labute approximate surface area is 103 Å². The Hall–Kier alpha value is -1.51. The zero-order chi connectivity index (χ0) is 12.3. The molecule has 0 bridgehead atoms. The third-order valence-electron chi connectivity index (χ3n) is 3.18. The third kappa shape index (κ3) is 3.22. The van der Waals surface area contributed by atoms with Gasteiger partial charge in [-0.25, -0.2) is 4.79 Å². The van der Waals surface area contributed by atoms with E-state index in [9.17, 15) is 4.79 Å². The van der Waals surface area contributed by atoms with E-state index in [0.717, 1.165) is 18.8 Å². The van der Waals surface area contributed by atoms with Crippen LogP contribution in [-0.4, -0.2) is 24.0 Å². The highest BCUT2D eigenvalue weighted by atomic mass is 16.2. The summed E-state index contributed by atoms with van der Waals surface area (Å²) in [5, 5.41) is 2.94. The summed E-state index contributed by atoms with van der Waals surface area (Å²) in [7, 11) is 0. The zero-order valence-corrected chi connectivity index (χ0v) is 10.5. The van der Waals surface area contributed by atoms with Gasteiger partial charge in [0.2, 0.25) is 0 Å². The van der Waals surface area contributed by atoms with Crippen LogP contribution in [0.4, 0.5) is 10.5 Å². The minimum absolute atomic E-state index is 0.0228. The largest absolute Gasteiger partial charge is 0.324 e. The number of anilines is 1. The fourth-order valence-corrected chi connectivity index (χ4v) is 2.55. The second kappa shape index (κ2) is 5.21. The number of rotatable bonds is 1. The molecule has 0 saturated carbocycles.